The van der Waals surface area contributed by atoms with E-state index in [0.29, 0.717) is 16.7 Å². The molecule has 0 amide bonds. The fourth-order valence-electron chi connectivity index (χ4n) is 4.46. The van der Waals surface area contributed by atoms with Crippen molar-refractivity contribution in [3.63, 3.8) is 0 Å². The van der Waals surface area contributed by atoms with Gasteiger partial charge in [-0.1, -0.05) is 54.6 Å². The average Bonchev–Trinajstić information content (AvgIpc) is 3.03. The average molecular weight is 607 g/mol. The van der Waals surface area contributed by atoms with Crippen LogP contribution in [-0.4, -0.2) is 83.4 Å². The maximum Gasteiger partial charge on any atom is 0.338 e. The number of rotatable bonds is 17. The van der Waals surface area contributed by atoms with E-state index in [1.54, 1.807) is 111 Å². The molecule has 0 saturated heterocycles. The van der Waals surface area contributed by atoms with E-state index in [1.807, 2.05) is 6.07 Å². The second-order valence-electron chi connectivity index (χ2n) is 10.7. The van der Waals surface area contributed by atoms with Crippen LogP contribution in [0.4, 0.5) is 0 Å². The lowest BCUT2D eigenvalue weighted by Crippen LogP contribution is -2.46. The lowest BCUT2D eigenvalue weighted by atomic mass is 10.2. The maximum atomic E-state index is 12.6. The molecule has 0 bridgehead atoms. The molecule has 0 radical (unpaired) electrons. The minimum absolute atomic E-state index is 0.156. The topological polar surface area (TPSA) is 135 Å². The standard InChI is InChI=1S/C34H42N2O8/c1-24(42-32(39)27-13-7-4-8-14-27)21-35-30(37)19-20-31(38)36(22-25(2)43-33(40)28-15-9-5-10-16-28)23-26(3)44-34(41)29-17-11-6-12-18-29/h4-18,24-26,30-31,35,37-38H,19-23H2,1-3H3. The number of aliphatic hydroxyl groups excluding tert-OH is 2. The van der Waals surface area contributed by atoms with Crippen molar-refractivity contribution in [2.75, 3.05) is 19.6 Å². The Morgan fingerprint density at radius 1 is 0.614 bits per heavy atom. The first-order valence-corrected chi connectivity index (χ1v) is 14.7. The van der Waals surface area contributed by atoms with Gasteiger partial charge < -0.3 is 24.4 Å². The van der Waals surface area contributed by atoms with Crippen LogP contribution in [0.5, 0.6) is 0 Å². The number of aliphatic hydroxyl groups is 2. The molecule has 5 atom stereocenters. The molecule has 44 heavy (non-hydrogen) atoms. The molecule has 236 valence electrons. The van der Waals surface area contributed by atoms with Crippen LogP contribution in [0.15, 0.2) is 91.0 Å². The van der Waals surface area contributed by atoms with Crippen LogP contribution in [-0.2, 0) is 14.2 Å². The summed E-state index contributed by atoms with van der Waals surface area (Å²) in [6, 6.07) is 25.8. The fraction of sp³-hybridized carbons (Fsp3) is 0.382. The van der Waals surface area contributed by atoms with Gasteiger partial charge in [-0.05, 0) is 70.0 Å². The Hall–Kier alpha value is -4.09. The van der Waals surface area contributed by atoms with Crippen LogP contribution in [0.2, 0.25) is 0 Å². The summed E-state index contributed by atoms with van der Waals surface area (Å²) in [5.74, 6) is -1.43. The van der Waals surface area contributed by atoms with Crippen molar-refractivity contribution in [3.8, 4) is 0 Å². The molecule has 0 aliphatic rings. The quantitative estimate of drug-likeness (QED) is 0.117. The smallest absolute Gasteiger partial charge is 0.338 e. The van der Waals surface area contributed by atoms with Gasteiger partial charge in [-0.15, -0.1) is 0 Å². The summed E-state index contributed by atoms with van der Waals surface area (Å²) >= 11 is 0. The van der Waals surface area contributed by atoms with Crippen molar-refractivity contribution in [1.29, 1.82) is 0 Å². The van der Waals surface area contributed by atoms with E-state index in [9.17, 15) is 24.6 Å². The van der Waals surface area contributed by atoms with Gasteiger partial charge in [0.25, 0.3) is 0 Å². The number of carbonyl (C=O) groups excluding carboxylic acids is 3. The number of ether oxygens (including phenoxy) is 3. The third-order valence-electron chi connectivity index (χ3n) is 6.70. The summed E-state index contributed by atoms with van der Waals surface area (Å²) in [5, 5.41) is 24.5. The normalized spacial score (nSPS) is 14.6. The number of benzene rings is 3. The van der Waals surface area contributed by atoms with E-state index < -0.39 is 48.7 Å². The Bertz CT molecular complexity index is 1230. The van der Waals surface area contributed by atoms with Gasteiger partial charge in [0.15, 0.2) is 0 Å². The highest BCUT2D eigenvalue weighted by Crippen LogP contribution is 2.14. The number of hydrogen-bond acceptors (Lipinski definition) is 10. The number of nitrogens with one attached hydrogen (secondary N) is 1. The van der Waals surface area contributed by atoms with Crippen LogP contribution in [0, 0.1) is 0 Å². The third-order valence-corrected chi connectivity index (χ3v) is 6.70. The third kappa shape index (κ3) is 11.9. The molecule has 5 unspecified atom stereocenters. The Balaban J connectivity index is 1.53. The van der Waals surface area contributed by atoms with Crippen molar-refractivity contribution in [1.82, 2.24) is 10.2 Å². The van der Waals surface area contributed by atoms with Gasteiger partial charge in [-0.3, -0.25) is 10.2 Å². The van der Waals surface area contributed by atoms with E-state index in [-0.39, 0.29) is 32.5 Å². The minimum Gasteiger partial charge on any atom is -0.458 e. The van der Waals surface area contributed by atoms with E-state index >= 15 is 0 Å². The van der Waals surface area contributed by atoms with Crippen molar-refractivity contribution in [2.24, 2.45) is 0 Å². The van der Waals surface area contributed by atoms with Gasteiger partial charge in [0, 0.05) is 19.6 Å². The SMILES string of the molecule is CC(CNC(O)CCC(O)N(CC(C)OC(=O)c1ccccc1)CC(C)OC(=O)c1ccccc1)OC(=O)c1ccccc1. The summed E-state index contributed by atoms with van der Waals surface area (Å²) in [4.78, 5) is 39.1. The predicted octanol–water partition coefficient (Wildman–Crippen LogP) is 4.03. The van der Waals surface area contributed by atoms with E-state index in [1.165, 1.54) is 0 Å². The van der Waals surface area contributed by atoms with Gasteiger partial charge in [0.2, 0.25) is 0 Å². The first kappa shape index (κ1) is 34.4. The first-order valence-electron chi connectivity index (χ1n) is 14.7. The monoisotopic (exact) mass is 606 g/mol. The molecule has 0 aliphatic carbocycles. The van der Waals surface area contributed by atoms with Gasteiger partial charge >= 0.3 is 17.9 Å². The van der Waals surface area contributed by atoms with E-state index in [0.717, 1.165) is 0 Å². The Morgan fingerprint density at radius 3 is 1.36 bits per heavy atom. The molecule has 0 aliphatic heterocycles. The number of nitrogens with zero attached hydrogens (tertiary/aromatic N) is 1. The van der Waals surface area contributed by atoms with Crippen molar-refractivity contribution >= 4 is 17.9 Å². The van der Waals surface area contributed by atoms with Crippen LogP contribution >= 0.6 is 0 Å². The van der Waals surface area contributed by atoms with E-state index in [4.69, 9.17) is 14.2 Å². The van der Waals surface area contributed by atoms with Gasteiger partial charge in [0.1, 0.15) is 30.8 Å². The summed E-state index contributed by atoms with van der Waals surface area (Å²) in [5.41, 5.74) is 1.26. The largest absolute Gasteiger partial charge is 0.458 e. The molecular formula is C34H42N2O8. The Kier molecular flexibility index (Phi) is 14.0. The zero-order valence-corrected chi connectivity index (χ0v) is 25.4. The Labute approximate surface area is 258 Å². The van der Waals surface area contributed by atoms with Gasteiger partial charge in [0.05, 0.1) is 16.7 Å². The summed E-state index contributed by atoms with van der Waals surface area (Å²) < 4.78 is 16.6. The summed E-state index contributed by atoms with van der Waals surface area (Å²) in [6.07, 6.45) is -3.39. The number of carbonyl (C=O) groups is 3. The molecule has 10 heteroatoms. The predicted molar refractivity (Wildman–Crippen MR) is 165 cm³/mol. The molecule has 0 fully saturated rings. The fourth-order valence-corrected chi connectivity index (χ4v) is 4.46. The Morgan fingerprint density at radius 2 is 0.977 bits per heavy atom. The first-order chi connectivity index (χ1) is 21.1. The summed E-state index contributed by atoms with van der Waals surface area (Å²) in [7, 11) is 0. The zero-order valence-electron chi connectivity index (χ0n) is 25.4. The molecule has 3 N–H and O–H groups in total. The second-order valence-corrected chi connectivity index (χ2v) is 10.7. The van der Waals surface area contributed by atoms with Crippen molar-refractivity contribution < 1.29 is 38.8 Å². The van der Waals surface area contributed by atoms with Crippen molar-refractivity contribution in [3.05, 3.63) is 108 Å². The number of esters is 3. The highest BCUT2D eigenvalue weighted by molar-refractivity contribution is 5.90. The molecular weight excluding hydrogens is 564 g/mol. The molecule has 3 aromatic carbocycles. The second kappa shape index (κ2) is 17.9. The van der Waals surface area contributed by atoms with Gasteiger partial charge in [-0.2, -0.15) is 0 Å². The highest BCUT2D eigenvalue weighted by atomic mass is 16.6. The molecule has 0 saturated carbocycles. The van der Waals surface area contributed by atoms with Crippen LogP contribution in [0.1, 0.15) is 64.7 Å². The molecule has 3 aromatic rings. The molecule has 0 heterocycles. The highest BCUT2D eigenvalue weighted by Gasteiger charge is 2.25. The van der Waals surface area contributed by atoms with Crippen molar-refractivity contribution in [2.45, 2.75) is 64.4 Å². The zero-order chi connectivity index (χ0) is 31.9. The molecule has 10 nitrogen and oxygen atoms in total. The lowest BCUT2D eigenvalue weighted by molar-refractivity contribution is -0.0582. The minimum atomic E-state index is -1.05. The summed E-state index contributed by atoms with van der Waals surface area (Å²) in [6.45, 7) is 5.67. The van der Waals surface area contributed by atoms with E-state index in [2.05, 4.69) is 5.32 Å². The van der Waals surface area contributed by atoms with Gasteiger partial charge in [-0.25, -0.2) is 14.4 Å². The molecule has 0 aromatic heterocycles. The van der Waals surface area contributed by atoms with Crippen LogP contribution < -0.4 is 5.32 Å². The molecule has 3 rings (SSSR count). The number of hydrogen-bond donors (Lipinski definition) is 3. The van der Waals surface area contributed by atoms with Crippen LogP contribution in [0.3, 0.4) is 0 Å². The lowest BCUT2D eigenvalue weighted by Gasteiger charge is -2.32. The van der Waals surface area contributed by atoms with Crippen LogP contribution in [0.25, 0.3) is 0 Å². The molecule has 0 spiro atoms. The maximum absolute atomic E-state index is 12.6.